The van der Waals surface area contributed by atoms with E-state index in [1.807, 2.05) is 19.2 Å². The molecule has 0 saturated carbocycles. The molecule has 1 aliphatic heterocycles. The van der Waals surface area contributed by atoms with Crippen molar-refractivity contribution in [1.29, 1.82) is 0 Å². The van der Waals surface area contributed by atoms with Gasteiger partial charge in [-0.1, -0.05) is 42.5 Å². The molecule has 2 aromatic rings. The lowest BCUT2D eigenvalue weighted by molar-refractivity contribution is 0.134. The third kappa shape index (κ3) is 8.15. The van der Waals surface area contributed by atoms with E-state index in [4.69, 9.17) is 4.74 Å². The number of ether oxygens (including phenoxy) is 1. The number of aliphatic imine (C=N–C) groups is 1. The highest BCUT2D eigenvalue weighted by Gasteiger charge is 2.26. The summed E-state index contributed by atoms with van der Waals surface area (Å²) in [5.41, 5.74) is 2.61. The number of likely N-dealkylation sites (N-methyl/N-ethyl adjacent to an activating group) is 1. The Hall–Kier alpha value is -1.84. The number of guanidine groups is 1. The van der Waals surface area contributed by atoms with Gasteiger partial charge in [0, 0.05) is 38.8 Å². The van der Waals surface area contributed by atoms with Gasteiger partial charge in [0.15, 0.2) is 5.96 Å². The summed E-state index contributed by atoms with van der Waals surface area (Å²) in [6.07, 6.45) is 2.23. The zero-order valence-electron chi connectivity index (χ0n) is 20.6. The number of nitrogens with one attached hydrogen (secondary N) is 2. The first-order valence-electron chi connectivity index (χ1n) is 11.6. The molecule has 1 heterocycles. The quantitative estimate of drug-likeness (QED) is 0.287. The van der Waals surface area contributed by atoms with E-state index in [0.717, 1.165) is 44.2 Å². The molecule has 0 aromatic heterocycles. The van der Waals surface area contributed by atoms with Crippen LogP contribution in [0, 0.1) is 0 Å². The first-order valence-corrected chi connectivity index (χ1v) is 11.6. The second-order valence-electron chi connectivity index (χ2n) is 8.88. The van der Waals surface area contributed by atoms with E-state index < -0.39 is 0 Å². The second-order valence-corrected chi connectivity index (χ2v) is 8.88. The highest BCUT2D eigenvalue weighted by molar-refractivity contribution is 14.0. The van der Waals surface area contributed by atoms with Crippen molar-refractivity contribution in [3.05, 3.63) is 65.7 Å². The number of hydrogen-bond acceptors (Lipinski definition) is 4. The lowest BCUT2D eigenvalue weighted by Gasteiger charge is -2.38. The summed E-state index contributed by atoms with van der Waals surface area (Å²) in [7, 11) is 7.76. The van der Waals surface area contributed by atoms with E-state index in [9.17, 15) is 0 Å². The van der Waals surface area contributed by atoms with Crippen LogP contribution in [0.4, 0.5) is 0 Å². The molecule has 1 fully saturated rings. The van der Waals surface area contributed by atoms with Gasteiger partial charge >= 0.3 is 0 Å². The number of nitrogens with zero attached hydrogens (tertiary/aromatic N) is 3. The van der Waals surface area contributed by atoms with Gasteiger partial charge in [-0.25, -0.2) is 0 Å². The van der Waals surface area contributed by atoms with Crippen molar-refractivity contribution in [2.24, 2.45) is 4.99 Å². The van der Waals surface area contributed by atoms with E-state index in [-0.39, 0.29) is 30.0 Å². The molecule has 0 aliphatic carbocycles. The monoisotopic (exact) mass is 565 g/mol. The highest BCUT2D eigenvalue weighted by Crippen LogP contribution is 2.22. The number of likely N-dealkylation sites (tertiary alicyclic amines) is 1. The third-order valence-corrected chi connectivity index (χ3v) is 6.37. The molecule has 3 unspecified atom stereocenters. The van der Waals surface area contributed by atoms with Gasteiger partial charge in [0.1, 0.15) is 5.75 Å². The molecule has 1 aliphatic rings. The largest absolute Gasteiger partial charge is 0.497 e. The van der Waals surface area contributed by atoms with Crippen LogP contribution in [0.2, 0.25) is 0 Å². The van der Waals surface area contributed by atoms with Gasteiger partial charge in [0.05, 0.1) is 13.2 Å². The van der Waals surface area contributed by atoms with Gasteiger partial charge in [-0.3, -0.25) is 9.89 Å². The number of halogens is 1. The van der Waals surface area contributed by atoms with Gasteiger partial charge in [0.2, 0.25) is 0 Å². The Morgan fingerprint density at radius 3 is 2.58 bits per heavy atom. The molecule has 6 nitrogen and oxygen atoms in total. The van der Waals surface area contributed by atoms with E-state index in [1.165, 1.54) is 11.1 Å². The Labute approximate surface area is 216 Å². The van der Waals surface area contributed by atoms with Crippen molar-refractivity contribution in [3.63, 3.8) is 0 Å². The van der Waals surface area contributed by atoms with Crippen molar-refractivity contribution < 1.29 is 4.74 Å². The van der Waals surface area contributed by atoms with Gasteiger partial charge in [-0.15, -0.1) is 24.0 Å². The van der Waals surface area contributed by atoms with Crippen LogP contribution in [0.15, 0.2) is 59.6 Å². The van der Waals surface area contributed by atoms with E-state index >= 15 is 0 Å². The van der Waals surface area contributed by atoms with Crippen LogP contribution in [0.3, 0.4) is 0 Å². The van der Waals surface area contributed by atoms with Crippen LogP contribution >= 0.6 is 24.0 Å². The highest BCUT2D eigenvalue weighted by atomic mass is 127. The minimum absolute atomic E-state index is 0. The van der Waals surface area contributed by atoms with Crippen molar-refractivity contribution in [3.8, 4) is 5.75 Å². The fourth-order valence-electron chi connectivity index (χ4n) is 4.43. The maximum Gasteiger partial charge on any atom is 0.191 e. The Balaban J connectivity index is 0.00000385. The summed E-state index contributed by atoms with van der Waals surface area (Å²) >= 11 is 0. The minimum Gasteiger partial charge on any atom is -0.497 e. The summed E-state index contributed by atoms with van der Waals surface area (Å²) in [6, 6.07) is 20.2. The van der Waals surface area contributed by atoms with Crippen molar-refractivity contribution >= 4 is 29.9 Å². The SMILES string of the molecule is CN=C(NCC(c1cccc(OC)c1)N(C)C)NC1CCN(Cc2ccccc2)C(C)C1.I. The van der Waals surface area contributed by atoms with Gasteiger partial charge < -0.3 is 20.3 Å². The molecule has 2 aromatic carbocycles. The normalized spacial score (nSPS) is 20.1. The van der Waals surface area contributed by atoms with Crippen LogP contribution in [0.5, 0.6) is 5.75 Å². The van der Waals surface area contributed by atoms with Gasteiger partial charge in [-0.2, -0.15) is 0 Å². The number of methoxy groups -OCH3 is 1. The van der Waals surface area contributed by atoms with Crippen LogP contribution < -0.4 is 15.4 Å². The average molecular weight is 566 g/mol. The third-order valence-electron chi connectivity index (χ3n) is 6.37. The number of benzene rings is 2. The Bertz CT molecular complexity index is 861. The first kappa shape index (κ1) is 27.4. The maximum absolute atomic E-state index is 5.41. The Morgan fingerprint density at radius 2 is 1.94 bits per heavy atom. The Kier molecular flexibility index (Phi) is 11.4. The maximum atomic E-state index is 5.41. The molecule has 7 heteroatoms. The second kappa shape index (κ2) is 13.8. The molecular weight excluding hydrogens is 525 g/mol. The predicted octanol–water partition coefficient (Wildman–Crippen LogP) is 4.13. The fraction of sp³-hybridized carbons (Fsp3) is 0.500. The van der Waals surface area contributed by atoms with Crippen molar-refractivity contribution in [1.82, 2.24) is 20.4 Å². The van der Waals surface area contributed by atoms with Crippen molar-refractivity contribution in [2.75, 3.05) is 41.3 Å². The lowest BCUT2D eigenvalue weighted by atomic mass is 9.97. The lowest BCUT2D eigenvalue weighted by Crippen LogP contribution is -2.52. The first-order chi connectivity index (χ1) is 15.5. The molecule has 3 rings (SSSR count). The molecule has 0 bridgehead atoms. The standard InChI is InChI=1S/C26H39N5O.HI/c1-20-16-23(14-15-31(20)19-21-10-7-6-8-11-21)29-26(27-2)28-18-25(30(3)4)22-12-9-13-24(17-22)32-5;/h6-13,17,20,23,25H,14-16,18-19H2,1-5H3,(H2,27,28,29);1H. The smallest absolute Gasteiger partial charge is 0.191 e. The van der Waals surface area contributed by atoms with Crippen LogP contribution in [-0.4, -0.2) is 69.2 Å². The van der Waals surface area contributed by atoms with Gasteiger partial charge in [0.25, 0.3) is 0 Å². The molecule has 1 saturated heterocycles. The van der Waals surface area contributed by atoms with Crippen molar-refractivity contribution in [2.45, 2.75) is 44.4 Å². The molecule has 0 spiro atoms. The summed E-state index contributed by atoms with van der Waals surface area (Å²) in [6.45, 7) is 5.21. The summed E-state index contributed by atoms with van der Waals surface area (Å²) in [5.74, 6) is 1.75. The zero-order chi connectivity index (χ0) is 22.9. The zero-order valence-corrected chi connectivity index (χ0v) is 23.0. The molecule has 2 N–H and O–H groups in total. The van der Waals surface area contributed by atoms with Crippen LogP contribution in [0.1, 0.15) is 36.9 Å². The predicted molar refractivity (Wildman–Crippen MR) is 149 cm³/mol. The number of piperidine rings is 1. The van der Waals surface area contributed by atoms with Crippen LogP contribution in [-0.2, 0) is 6.54 Å². The fourth-order valence-corrected chi connectivity index (χ4v) is 4.43. The van der Waals surface area contributed by atoms with Crippen LogP contribution in [0.25, 0.3) is 0 Å². The average Bonchev–Trinajstić information content (AvgIpc) is 2.80. The molecular formula is C26H40IN5O. The molecule has 182 valence electrons. The Morgan fingerprint density at radius 1 is 1.18 bits per heavy atom. The van der Waals surface area contributed by atoms with E-state index in [1.54, 1.807) is 7.11 Å². The molecule has 33 heavy (non-hydrogen) atoms. The minimum atomic E-state index is 0. The molecule has 0 amide bonds. The molecule has 3 atom stereocenters. The number of rotatable bonds is 8. The molecule has 0 radical (unpaired) electrons. The summed E-state index contributed by atoms with van der Waals surface area (Å²) < 4.78 is 5.41. The number of hydrogen-bond donors (Lipinski definition) is 2. The summed E-state index contributed by atoms with van der Waals surface area (Å²) in [5, 5.41) is 7.20. The topological polar surface area (TPSA) is 52.1 Å². The van der Waals surface area contributed by atoms with Gasteiger partial charge in [-0.05, 0) is 57.1 Å². The summed E-state index contributed by atoms with van der Waals surface area (Å²) in [4.78, 5) is 9.29. The van der Waals surface area contributed by atoms with E-state index in [2.05, 4.69) is 88.9 Å². The van der Waals surface area contributed by atoms with E-state index in [0.29, 0.717) is 12.1 Å².